The van der Waals surface area contributed by atoms with Gasteiger partial charge in [0.2, 0.25) is 11.7 Å². The zero-order valence-corrected chi connectivity index (χ0v) is 12.8. The van der Waals surface area contributed by atoms with E-state index in [1.165, 1.54) is 11.3 Å². The first-order valence-corrected chi connectivity index (χ1v) is 7.54. The number of hydrogen-bond donors (Lipinski definition) is 1. The molecule has 20 heavy (non-hydrogen) atoms. The van der Waals surface area contributed by atoms with Crippen molar-refractivity contribution in [1.82, 2.24) is 10.3 Å². The van der Waals surface area contributed by atoms with Gasteiger partial charge in [0.15, 0.2) is 5.92 Å². The maximum atomic E-state index is 12.3. The minimum atomic E-state index is -1.28. The van der Waals surface area contributed by atoms with E-state index >= 15 is 0 Å². The Labute approximate surface area is 123 Å². The number of nitrogens with zero attached hydrogens (tertiary/aromatic N) is 2. The summed E-state index contributed by atoms with van der Waals surface area (Å²) in [5.41, 5.74) is 0.604. The molecule has 0 aliphatic rings. The first-order valence-electron chi connectivity index (χ1n) is 6.72. The molecule has 0 saturated heterocycles. The molecule has 0 bridgehead atoms. The van der Waals surface area contributed by atoms with Gasteiger partial charge in [-0.3, -0.25) is 9.59 Å². The zero-order chi connectivity index (χ0) is 15.1. The van der Waals surface area contributed by atoms with Crippen molar-refractivity contribution in [2.24, 2.45) is 5.92 Å². The SMILES string of the molecule is CCCNC(=O)C(C#N)C(=O)c1sc(CCC)nc1C. The Balaban J connectivity index is 2.91. The summed E-state index contributed by atoms with van der Waals surface area (Å²) in [6.45, 7) is 6.15. The summed E-state index contributed by atoms with van der Waals surface area (Å²) in [6.07, 6.45) is 2.51. The van der Waals surface area contributed by atoms with E-state index in [0.29, 0.717) is 17.1 Å². The smallest absolute Gasteiger partial charge is 0.245 e. The minimum Gasteiger partial charge on any atom is -0.355 e. The lowest BCUT2D eigenvalue weighted by molar-refractivity contribution is -0.122. The van der Waals surface area contributed by atoms with Crippen molar-refractivity contribution in [3.05, 3.63) is 15.6 Å². The maximum absolute atomic E-state index is 12.3. The number of carbonyl (C=O) groups excluding carboxylic acids is 2. The van der Waals surface area contributed by atoms with Crippen molar-refractivity contribution >= 4 is 23.0 Å². The van der Waals surface area contributed by atoms with E-state index in [4.69, 9.17) is 5.26 Å². The summed E-state index contributed by atoms with van der Waals surface area (Å²) in [5, 5.41) is 12.5. The van der Waals surface area contributed by atoms with Gasteiger partial charge < -0.3 is 5.32 Å². The lowest BCUT2D eigenvalue weighted by Crippen LogP contribution is -2.35. The van der Waals surface area contributed by atoms with Crippen LogP contribution in [0.1, 0.15) is 47.1 Å². The van der Waals surface area contributed by atoms with Crippen molar-refractivity contribution in [3.63, 3.8) is 0 Å². The number of ketones is 1. The van der Waals surface area contributed by atoms with Crippen LogP contribution in [0.25, 0.3) is 0 Å². The second-order valence-electron chi connectivity index (χ2n) is 4.49. The second kappa shape index (κ2) is 7.75. The molecule has 1 unspecified atom stereocenters. The molecule has 0 fully saturated rings. The van der Waals surface area contributed by atoms with Crippen molar-refractivity contribution in [1.29, 1.82) is 5.26 Å². The number of carbonyl (C=O) groups is 2. The molecule has 1 N–H and O–H groups in total. The number of aryl methyl sites for hydroxylation is 2. The van der Waals surface area contributed by atoms with Gasteiger partial charge in [-0.2, -0.15) is 5.26 Å². The Kier molecular flexibility index (Phi) is 6.32. The normalized spacial score (nSPS) is 11.7. The van der Waals surface area contributed by atoms with Gasteiger partial charge in [0.1, 0.15) is 0 Å². The maximum Gasteiger partial charge on any atom is 0.245 e. The molecule has 1 amide bonds. The molecule has 5 nitrogen and oxygen atoms in total. The predicted molar refractivity (Wildman–Crippen MR) is 77.6 cm³/mol. The summed E-state index contributed by atoms with van der Waals surface area (Å²) >= 11 is 1.29. The molecule has 1 heterocycles. The molecule has 0 aliphatic carbocycles. The van der Waals surface area contributed by atoms with Crippen LogP contribution in [0.4, 0.5) is 0 Å². The molecule has 1 rings (SSSR count). The fourth-order valence-electron chi connectivity index (χ4n) is 1.72. The van der Waals surface area contributed by atoms with Crippen LogP contribution in [-0.4, -0.2) is 23.2 Å². The average molecular weight is 293 g/mol. The number of aromatic nitrogens is 1. The second-order valence-corrected chi connectivity index (χ2v) is 5.57. The van der Waals surface area contributed by atoms with Crippen molar-refractivity contribution in [2.75, 3.05) is 6.54 Å². The molecule has 0 aliphatic heterocycles. The minimum absolute atomic E-state index is 0.423. The van der Waals surface area contributed by atoms with E-state index in [1.807, 2.05) is 13.8 Å². The lowest BCUT2D eigenvalue weighted by Gasteiger charge is -2.07. The van der Waals surface area contributed by atoms with Crippen LogP contribution in [-0.2, 0) is 11.2 Å². The van der Waals surface area contributed by atoms with E-state index in [1.54, 1.807) is 13.0 Å². The van der Waals surface area contributed by atoms with Crippen molar-refractivity contribution in [2.45, 2.75) is 40.0 Å². The van der Waals surface area contributed by atoms with Crippen LogP contribution in [0, 0.1) is 24.2 Å². The summed E-state index contributed by atoms with van der Waals surface area (Å²) in [6, 6.07) is 1.79. The van der Waals surface area contributed by atoms with Crippen LogP contribution >= 0.6 is 11.3 Å². The number of thiazole rings is 1. The van der Waals surface area contributed by atoms with E-state index < -0.39 is 17.6 Å². The molecule has 0 saturated carbocycles. The highest BCUT2D eigenvalue weighted by Gasteiger charge is 2.30. The molecular formula is C14H19N3O2S. The quantitative estimate of drug-likeness (QED) is 0.617. The van der Waals surface area contributed by atoms with E-state index in [0.717, 1.165) is 24.3 Å². The standard InChI is InChI=1S/C14H19N3O2S/c1-4-6-11-17-9(3)13(20-11)12(18)10(8-15)14(19)16-7-5-2/h10H,4-7H2,1-3H3,(H,16,19). The Morgan fingerprint density at radius 3 is 2.65 bits per heavy atom. The molecule has 1 aromatic rings. The van der Waals surface area contributed by atoms with Gasteiger partial charge in [0.05, 0.1) is 21.6 Å². The fourth-order valence-corrected chi connectivity index (χ4v) is 2.86. The van der Waals surface area contributed by atoms with Gasteiger partial charge in [-0.25, -0.2) is 4.98 Å². The predicted octanol–water partition coefficient (Wildman–Crippen LogP) is 2.25. The molecule has 0 spiro atoms. The first-order chi connectivity index (χ1) is 9.54. The largest absolute Gasteiger partial charge is 0.355 e. The highest BCUT2D eigenvalue weighted by atomic mass is 32.1. The first kappa shape index (κ1) is 16.3. The van der Waals surface area contributed by atoms with Crippen LogP contribution < -0.4 is 5.32 Å². The molecule has 1 atom stereocenters. The Morgan fingerprint density at radius 2 is 2.10 bits per heavy atom. The van der Waals surface area contributed by atoms with Crippen LogP contribution in [0.2, 0.25) is 0 Å². The number of amides is 1. The van der Waals surface area contributed by atoms with Gasteiger partial charge in [0, 0.05) is 6.54 Å². The topological polar surface area (TPSA) is 82.9 Å². The van der Waals surface area contributed by atoms with E-state index in [9.17, 15) is 9.59 Å². The van der Waals surface area contributed by atoms with E-state index in [2.05, 4.69) is 10.3 Å². The highest BCUT2D eigenvalue weighted by Crippen LogP contribution is 2.22. The Morgan fingerprint density at radius 1 is 1.40 bits per heavy atom. The molecule has 108 valence electrons. The molecule has 0 aromatic carbocycles. The van der Waals surface area contributed by atoms with Gasteiger partial charge in [-0.05, 0) is 26.2 Å². The molecular weight excluding hydrogens is 274 g/mol. The summed E-state index contributed by atoms with van der Waals surface area (Å²) < 4.78 is 0. The molecule has 1 aromatic heterocycles. The summed E-state index contributed by atoms with van der Waals surface area (Å²) in [4.78, 5) is 28.9. The van der Waals surface area contributed by atoms with Crippen LogP contribution in [0.15, 0.2) is 0 Å². The van der Waals surface area contributed by atoms with Crippen molar-refractivity contribution < 1.29 is 9.59 Å². The van der Waals surface area contributed by atoms with Gasteiger partial charge in [-0.1, -0.05) is 13.8 Å². The Bertz CT molecular complexity index is 531. The third-order valence-electron chi connectivity index (χ3n) is 2.73. The number of nitriles is 1. The highest BCUT2D eigenvalue weighted by molar-refractivity contribution is 7.13. The monoisotopic (exact) mass is 293 g/mol. The number of hydrogen-bond acceptors (Lipinski definition) is 5. The average Bonchev–Trinajstić information content (AvgIpc) is 2.78. The molecule has 6 heteroatoms. The van der Waals surface area contributed by atoms with Gasteiger partial charge >= 0.3 is 0 Å². The fraction of sp³-hybridized carbons (Fsp3) is 0.571. The van der Waals surface area contributed by atoms with E-state index in [-0.39, 0.29) is 0 Å². The third-order valence-corrected chi connectivity index (χ3v) is 3.96. The third kappa shape index (κ3) is 3.87. The van der Waals surface area contributed by atoms with Crippen molar-refractivity contribution in [3.8, 4) is 6.07 Å². The van der Waals surface area contributed by atoms with Gasteiger partial charge in [-0.15, -0.1) is 11.3 Å². The summed E-state index contributed by atoms with van der Waals surface area (Å²) in [5.74, 6) is -2.25. The Hall–Kier alpha value is -1.74. The van der Waals surface area contributed by atoms with Crippen LogP contribution in [0.3, 0.4) is 0 Å². The lowest BCUT2D eigenvalue weighted by atomic mass is 10.0. The van der Waals surface area contributed by atoms with Gasteiger partial charge in [0.25, 0.3) is 0 Å². The number of rotatable bonds is 7. The zero-order valence-electron chi connectivity index (χ0n) is 12.0. The molecule has 0 radical (unpaired) electrons. The summed E-state index contributed by atoms with van der Waals surface area (Å²) in [7, 11) is 0. The number of nitrogens with one attached hydrogen (secondary N) is 1. The number of Topliss-reactive ketones (excluding diaryl/α,β-unsaturated/α-hetero) is 1. The van der Waals surface area contributed by atoms with Crippen LogP contribution in [0.5, 0.6) is 0 Å².